The Morgan fingerprint density at radius 1 is 1.65 bits per heavy atom. The summed E-state index contributed by atoms with van der Waals surface area (Å²) in [5.74, 6) is 0.705. The number of nitriles is 1. The zero-order chi connectivity index (χ0) is 12.3. The molecule has 0 atom stereocenters. The van der Waals surface area contributed by atoms with E-state index < -0.39 is 0 Å². The van der Waals surface area contributed by atoms with Crippen LogP contribution in [-0.4, -0.2) is 30.5 Å². The van der Waals surface area contributed by atoms with Crippen LogP contribution >= 0.6 is 0 Å². The van der Waals surface area contributed by atoms with E-state index in [0.717, 1.165) is 12.8 Å². The predicted molar refractivity (Wildman–Crippen MR) is 63.4 cm³/mol. The lowest BCUT2D eigenvalue weighted by Crippen LogP contribution is -2.36. The van der Waals surface area contributed by atoms with Crippen molar-refractivity contribution in [2.75, 3.05) is 18.5 Å². The number of amides is 1. The van der Waals surface area contributed by atoms with Crippen LogP contribution in [0.15, 0.2) is 18.3 Å². The van der Waals surface area contributed by atoms with Gasteiger partial charge >= 0.3 is 0 Å². The standard InChI is InChI=1S/C12H14N4O/c1-16(8-12(17)15-10-3-4-10)11-5-2-9(6-13)7-14-11/h2,5,7,10H,3-4,8H2,1H3,(H,15,17). The van der Waals surface area contributed by atoms with Gasteiger partial charge in [0.15, 0.2) is 0 Å². The van der Waals surface area contributed by atoms with E-state index >= 15 is 0 Å². The topological polar surface area (TPSA) is 69.0 Å². The molecule has 2 rings (SSSR count). The molecule has 1 amide bonds. The van der Waals surface area contributed by atoms with Gasteiger partial charge in [-0.15, -0.1) is 0 Å². The Bertz CT molecular complexity index is 445. The molecule has 5 heteroatoms. The maximum Gasteiger partial charge on any atom is 0.239 e. The number of pyridine rings is 1. The van der Waals surface area contributed by atoms with E-state index in [1.54, 1.807) is 24.1 Å². The summed E-state index contributed by atoms with van der Waals surface area (Å²) in [7, 11) is 1.81. The highest BCUT2D eigenvalue weighted by molar-refractivity contribution is 5.81. The van der Waals surface area contributed by atoms with Crippen LogP contribution in [0.25, 0.3) is 0 Å². The number of likely N-dealkylation sites (N-methyl/N-ethyl adjacent to an activating group) is 1. The van der Waals surface area contributed by atoms with Gasteiger partial charge in [0.25, 0.3) is 0 Å². The average molecular weight is 230 g/mol. The summed E-state index contributed by atoms with van der Waals surface area (Å²) >= 11 is 0. The number of anilines is 1. The van der Waals surface area contributed by atoms with Crippen molar-refractivity contribution in [2.45, 2.75) is 18.9 Å². The van der Waals surface area contributed by atoms with Gasteiger partial charge in [-0.3, -0.25) is 4.79 Å². The first-order valence-corrected chi connectivity index (χ1v) is 5.55. The Kier molecular flexibility index (Phi) is 3.24. The number of nitrogens with one attached hydrogen (secondary N) is 1. The summed E-state index contributed by atoms with van der Waals surface area (Å²) < 4.78 is 0. The molecule has 0 aromatic carbocycles. The van der Waals surface area contributed by atoms with Gasteiger partial charge in [0.2, 0.25) is 5.91 Å². The molecule has 0 aliphatic heterocycles. The van der Waals surface area contributed by atoms with Crippen molar-refractivity contribution in [3.63, 3.8) is 0 Å². The minimum Gasteiger partial charge on any atom is -0.352 e. The molecule has 0 spiro atoms. The fourth-order valence-electron chi connectivity index (χ4n) is 1.48. The Morgan fingerprint density at radius 2 is 2.41 bits per heavy atom. The summed E-state index contributed by atoms with van der Waals surface area (Å²) in [4.78, 5) is 17.5. The number of carbonyl (C=O) groups excluding carboxylic acids is 1. The van der Waals surface area contributed by atoms with Crippen molar-refractivity contribution in [2.24, 2.45) is 0 Å². The minimum absolute atomic E-state index is 0.0150. The second kappa shape index (κ2) is 4.83. The van der Waals surface area contributed by atoms with Crippen molar-refractivity contribution in [1.29, 1.82) is 5.26 Å². The molecule has 0 unspecified atom stereocenters. The smallest absolute Gasteiger partial charge is 0.239 e. The molecule has 5 nitrogen and oxygen atoms in total. The molecule has 1 aromatic rings. The minimum atomic E-state index is 0.0150. The average Bonchev–Trinajstić information content (AvgIpc) is 3.12. The van der Waals surface area contributed by atoms with Crippen LogP contribution in [0, 0.1) is 11.3 Å². The Balaban J connectivity index is 1.91. The maximum absolute atomic E-state index is 11.6. The third kappa shape index (κ3) is 3.18. The monoisotopic (exact) mass is 230 g/mol. The predicted octanol–water partition coefficient (Wildman–Crippen LogP) is 0.668. The molecule has 1 saturated carbocycles. The lowest BCUT2D eigenvalue weighted by Gasteiger charge is -2.17. The SMILES string of the molecule is CN(CC(=O)NC1CC1)c1ccc(C#N)cn1. The molecule has 88 valence electrons. The van der Waals surface area contributed by atoms with Crippen LogP contribution in [0.1, 0.15) is 18.4 Å². The Morgan fingerprint density at radius 3 is 2.94 bits per heavy atom. The number of carbonyl (C=O) groups is 1. The number of hydrogen-bond donors (Lipinski definition) is 1. The second-order valence-corrected chi connectivity index (χ2v) is 4.21. The number of aromatic nitrogens is 1. The number of hydrogen-bond acceptors (Lipinski definition) is 4. The Labute approximate surface area is 100 Å². The van der Waals surface area contributed by atoms with Crippen molar-refractivity contribution < 1.29 is 4.79 Å². The molecule has 1 aliphatic rings. The van der Waals surface area contributed by atoms with Crippen LogP contribution < -0.4 is 10.2 Å². The molecule has 0 radical (unpaired) electrons. The van der Waals surface area contributed by atoms with Gasteiger partial charge < -0.3 is 10.2 Å². The van der Waals surface area contributed by atoms with E-state index in [1.165, 1.54) is 6.20 Å². The molecule has 0 saturated heterocycles. The normalized spacial score (nSPS) is 13.9. The maximum atomic E-state index is 11.6. The molecule has 1 aromatic heterocycles. The van der Waals surface area contributed by atoms with E-state index in [9.17, 15) is 4.79 Å². The first-order valence-electron chi connectivity index (χ1n) is 5.55. The quantitative estimate of drug-likeness (QED) is 0.825. The summed E-state index contributed by atoms with van der Waals surface area (Å²) in [6.07, 6.45) is 3.68. The van der Waals surface area contributed by atoms with E-state index in [4.69, 9.17) is 5.26 Å². The summed E-state index contributed by atoms with van der Waals surface area (Å²) in [5, 5.41) is 11.6. The van der Waals surface area contributed by atoms with Gasteiger partial charge in [-0.25, -0.2) is 4.98 Å². The van der Waals surface area contributed by atoms with E-state index in [1.807, 2.05) is 6.07 Å². The summed E-state index contributed by atoms with van der Waals surface area (Å²) in [6.45, 7) is 0.287. The molecule has 1 heterocycles. The second-order valence-electron chi connectivity index (χ2n) is 4.21. The molecule has 1 N–H and O–H groups in total. The summed E-state index contributed by atoms with van der Waals surface area (Å²) in [6, 6.07) is 5.82. The van der Waals surface area contributed by atoms with Gasteiger partial charge in [0.05, 0.1) is 12.1 Å². The van der Waals surface area contributed by atoms with Crippen molar-refractivity contribution in [3.05, 3.63) is 23.9 Å². The van der Waals surface area contributed by atoms with Gasteiger partial charge in [-0.2, -0.15) is 5.26 Å². The highest BCUT2D eigenvalue weighted by atomic mass is 16.2. The fraction of sp³-hybridized carbons (Fsp3) is 0.417. The van der Waals surface area contributed by atoms with Gasteiger partial charge in [-0.05, 0) is 25.0 Å². The Hall–Kier alpha value is -2.09. The van der Waals surface area contributed by atoms with Crippen molar-refractivity contribution in [1.82, 2.24) is 10.3 Å². The van der Waals surface area contributed by atoms with E-state index in [0.29, 0.717) is 17.4 Å². The van der Waals surface area contributed by atoms with Crippen molar-refractivity contribution >= 4 is 11.7 Å². The largest absolute Gasteiger partial charge is 0.352 e. The van der Waals surface area contributed by atoms with Crippen LogP contribution in [0.5, 0.6) is 0 Å². The molecule has 17 heavy (non-hydrogen) atoms. The van der Waals surface area contributed by atoms with Crippen LogP contribution in [-0.2, 0) is 4.79 Å². The lowest BCUT2D eigenvalue weighted by atomic mass is 10.3. The van der Waals surface area contributed by atoms with Gasteiger partial charge in [0.1, 0.15) is 11.9 Å². The van der Waals surface area contributed by atoms with Gasteiger partial charge in [0, 0.05) is 19.3 Å². The number of nitrogens with zero attached hydrogens (tertiary/aromatic N) is 3. The summed E-state index contributed by atoms with van der Waals surface area (Å²) in [5.41, 5.74) is 0.518. The fourth-order valence-corrected chi connectivity index (χ4v) is 1.48. The third-order valence-electron chi connectivity index (χ3n) is 2.59. The lowest BCUT2D eigenvalue weighted by molar-refractivity contribution is -0.119. The molecular weight excluding hydrogens is 216 g/mol. The van der Waals surface area contributed by atoms with Gasteiger partial charge in [-0.1, -0.05) is 0 Å². The first kappa shape index (κ1) is 11.4. The first-order chi connectivity index (χ1) is 8.19. The number of rotatable bonds is 4. The molecule has 1 fully saturated rings. The van der Waals surface area contributed by atoms with E-state index in [2.05, 4.69) is 10.3 Å². The molecule has 1 aliphatic carbocycles. The highest BCUT2D eigenvalue weighted by Crippen LogP contribution is 2.18. The zero-order valence-electron chi connectivity index (χ0n) is 9.68. The van der Waals surface area contributed by atoms with Crippen LogP contribution in [0.3, 0.4) is 0 Å². The highest BCUT2D eigenvalue weighted by Gasteiger charge is 2.23. The molecular formula is C12H14N4O. The van der Waals surface area contributed by atoms with E-state index in [-0.39, 0.29) is 12.5 Å². The van der Waals surface area contributed by atoms with Crippen LogP contribution in [0.2, 0.25) is 0 Å². The third-order valence-corrected chi connectivity index (χ3v) is 2.59. The van der Waals surface area contributed by atoms with Crippen molar-refractivity contribution in [3.8, 4) is 6.07 Å². The zero-order valence-corrected chi connectivity index (χ0v) is 9.68. The van der Waals surface area contributed by atoms with Crippen LogP contribution in [0.4, 0.5) is 5.82 Å². The molecule has 0 bridgehead atoms.